The standard InChI is InChI=1S/C26H25FN2O3/c1-17-9-10-20(16-24(17)29-26(31)22-7-2-3-8-23(22)27)25(30)28-13-14-32-21-12-11-18-5-4-6-19(18)15-21/h2-3,7-12,15-16H,4-6,13-14H2,1H3,(H,28,30)(H,29,31). The van der Waals surface area contributed by atoms with Crippen molar-refractivity contribution in [3.8, 4) is 5.75 Å². The maximum Gasteiger partial charge on any atom is 0.258 e. The average Bonchev–Trinajstić information content (AvgIpc) is 3.26. The Morgan fingerprint density at radius 2 is 1.78 bits per heavy atom. The van der Waals surface area contributed by atoms with E-state index >= 15 is 0 Å². The van der Waals surface area contributed by atoms with Gasteiger partial charge in [0, 0.05) is 11.3 Å². The number of amides is 2. The van der Waals surface area contributed by atoms with E-state index in [2.05, 4.69) is 22.8 Å². The topological polar surface area (TPSA) is 67.4 Å². The van der Waals surface area contributed by atoms with Crippen molar-refractivity contribution in [1.29, 1.82) is 0 Å². The molecule has 0 bridgehead atoms. The molecule has 1 aliphatic rings. The van der Waals surface area contributed by atoms with Crippen molar-refractivity contribution in [2.45, 2.75) is 26.2 Å². The molecular weight excluding hydrogens is 407 g/mol. The zero-order chi connectivity index (χ0) is 22.5. The molecule has 0 aromatic heterocycles. The van der Waals surface area contributed by atoms with Gasteiger partial charge in [-0.3, -0.25) is 9.59 Å². The molecule has 5 nitrogen and oxygen atoms in total. The van der Waals surface area contributed by atoms with E-state index in [1.165, 1.54) is 35.7 Å². The lowest BCUT2D eigenvalue weighted by Gasteiger charge is -2.12. The van der Waals surface area contributed by atoms with E-state index in [4.69, 9.17) is 4.74 Å². The van der Waals surface area contributed by atoms with E-state index in [-0.39, 0.29) is 11.5 Å². The van der Waals surface area contributed by atoms with Crippen molar-refractivity contribution in [3.63, 3.8) is 0 Å². The Hall–Kier alpha value is -3.67. The van der Waals surface area contributed by atoms with Crippen LogP contribution < -0.4 is 15.4 Å². The Labute approximate surface area is 186 Å². The highest BCUT2D eigenvalue weighted by atomic mass is 19.1. The Kier molecular flexibility index (Phi) is 6.50. The van der Waals surface area contributed by atoms with Gasteiger partial charge in [-0.25, -0.2) is 4.39 Å². The first-order valence-electron chi connectivity index (χ1n) is 10.7. The van der Waals surface area contributed by atoms with Crippen LogP contribution in [0.25, 0.3) is 0 Å². The summed E-state index contributed by atoms with van der Waals surface area (Å²) in [7, 11) is 0. The number of fused-ring (bicyclic) bond motifs is 1. The van der Waals surface area contributed by atoms with Gasteiger partial charge in [0.15, 0.2) is 0 Å². The van der Waals surface area contributed by atoms with Gasteiger partial charge in [-0.15, -0.1) is 0 Å². The van der Waals surface area contributed by atoms with E-state index < -0.39 is 11.7 Å². The number of halogens is 1. The van der Waals surface area contributed by atoms with Gasteiger partial charge >= 0.3 is 0 Å². The number of carbonyl (C=O) groups excluding carboxylic acids is 2. The molecule has 0 saturated heterocycles. The number of carbonyl (C=O) groups is 2. The van der Waals surface area contributed by atoms with Crippen LogP contribution in [0, 0.1) is 12.7 Å². The van der Waals surface area contributed by atoms with Crippen LogP contribution in [0.4, 0.5) is 10.1 Å². The van der Waals surface area contributed by atoms with Gasteiger partial charge in [-0.2, -0.15) is 0 Å². The smallest absolute Gasteiger partial charge is 0.258 e. The fourth-order valence-corrected chi connectivity index (χ4v) is 3.81. The molecule has 3 aromatic carbocycles. The highest BCUT2D eigenvalue weighted by Crippen LogP contribution is 2.26. The van der Waals surface area contributed by atoms with Crippen LogP contribution in [0.5, 0.6) is 5.75 Å². The molecule has 0 unspecified atom stereocenters. The molecule has 1 aliphatic carbocycles. The summed E-state index contributed by atoms with van der Waals surface area (Å²) >= 11 is 0. The van der Waals surface area contributed by atoms with Crippen LogP contribution in [0.2, 0.25) is 0 Å². The van der Waals surface area contributed by atoms with Crippen LogP contribution in [0.15, 0.2) is 60.7 Å². The predicted octanol–water partition coefficient (Wildman–Crippen LogP) is 4.68. The summed E-state index contributed by atoms with van der Waals surface area (Å²) in [6, 6.07) is 16.9. The van der Waals surface area contributed by atoms with Gasteiger partial charge in [0.1, 0.15) is 18.2 Å². The summed E-state index contributed by atoms with van der Waals surface area (Å²) in [5.74, 6) is -0.622. The molecule has 0 spiro atoms. The Balaban J connectivity index is 1.32. The number of ether oxygens (including phenoxy) is 1. The zero-order valence-corrected chi connectivity index (χ0v) is 17.9. The second kappa shape index (κ2) is 9.64. The van der Waals surface area contributed by atoms with E-state index in [0.717, 1.165) is 24.2 Å². The van der Waals surface area contributed by atoms with Crippen molar-refractivity contribution < 1.29 is 18.7 Å². The highest BCUT2D eigenvalue weighted by molar-refractivity contribution is 6.05. The van der Waals surface area contributed by atoms with Crippen LogP contribution in [-0.2, 0) is 12.8 Å². The lowest BCUT2D eigenvalue weighted by molar-refractivity contribution is 0.0945. The fraction of sp³-hybridized carbons (Fsp3) is 0.231. The molecule has 32 heavy (non-hydrogen) atoms. The molecule has 6 heteroatoms. The summed E-state index contributed by atoms with van der Waals surface area (Å²) in [4.78, 5) is 25.0. The van der Waals surface area contributed by atoms with Crippen molar-refractivity contribution >= 4 is 17.5 Å². The Morgan fingerprint density at radius 1 is 0.969 bits per heavy atom. The number of hydrogen-bond acceptors (Lipinski definition) is 3. The van der Waals surface area contributed by atoms with E-state index in [1.807, 2.05) is 13.0 Å². The van der Waals surface area contributed by atoms with Gasteiger partial charge in [0.2, 0.25) is 0 Å². The molecule has 0 aliphatic heterocycles. The average molecular weight is 432 g/mol. The molecule has 0 saturated carbocycles. The summed E-state index contributed by atoms with van der Waals surface area (Å²) in [5, 5.41) is 5.51. The highest BCUT2D eigenvalue weighted by Gasteiger charge is 2.14. The number of benzene rings is 3. The maximum atomic E-state index is 13.9. The molecule has 0 fully saturated rings. The van der Waals surface area contributed by atoms with Gasteiger partial charge in [-0.05, 0) is 79.3 Å². The molecule has 0 radical (unpaired) electrons. The molecule has 164 valence electrons. The minimum Gasteiger partial charge on any atom is -0.492 e. The third-order valence-electron chi connectivity index (χ3n) is 5.59. The summed E-state index contributed by atoms with van der Waals surface area (Å²) in [6.45, 7) is 2.51. The monoisotopic (exact) mass is 432 g/mol. The molecule has 0 atom stereocenters. The lowest BCUT2D eigenvalue weighted by Crippen LogP contribution is -2.28. The summed E-state index contributed by atoms with van der Waals surface area (Å²) < 4.78 is 19.6. The Morgan fingerprint density at radius 3 is 2.62 bits per heavy atom. The molecule has 4 rings (SSSR count). The summed E-state index contributed by atoms with van der Waals surface area (Å²) in [6.07, 6.45) is 3.41. The van der Waals surface area contributed by atoms with Crippen LogP contribution in [0.1, 0.15) is 43.8 Å². The van der Waals surface area contributed by atoms with Crippen LogP contribution >= 0.6 is 0 Å². The first kappa shape index (κ1) is 21.6. The molecule has 3 aromatic rings. The normalized spacial score (nSPS) is 12.2. The largest absolute Gasteiger partial charge is 0.492 e. The lowest BCUT2D eigenvalue weighted by atomic mass is 10.1. The SMILES string of the molecule is Cc1ccc(C(=O)NCCOc2ccc3c(c2)CCC3)cc1NC(=O)c1ccccc1F. The minimum absolute atomic E-state index is 0.0505. The number of rotatable bonds is 7. The quantitative estimate of drug-likeness (QED) is 0.533. The maximum absolute atomic E-state index is 13.9. The van der Waals surface area contributed by atoms with Crippen molar-refractivity contribution in [2.24, 2.45) is 0 Å². The third kappa shape index (κ3) is 4.97. The first-order chi connectivity index (χ1) is 15.5. The second-order valence-corrected chi connectivity index (χ2v) is 7.85. The summed E-state index contributed by atoms with van der Waals surface area (Å²) in [5.41, 5.74) is 4.31. The minimum atomic E-state index is -0.597. The Bertz CT molecular complexity index is 1160. The first-order valence-corrected chi connectivity index (χ1v) is 10.7. The predicted molar refractivity (Wildman–Crippen MR) is 122 cm³/mol. The third-order valence-corrected chi connectivity index (χ3v) is 5.59. The van der Waals surface area contributed by atoms with Gasteiger partial charge < -0.3 is 15.4 Å². The number of anilines is 1. The van der Waals surface area contributed by atoms with Gasteiger partial charge in [0.05, 0.1) is 12.1 Å². The van der Waals surface area contributed by atoms with Crippen LogP contribution in [-0.4, -0.2) is 25.0 Å². The van der Waals surface area contributed by atoms with E-state index in [0.29, 0.717) is 24.4 Å². The molecule has 2 N–H and O–H groups in total. The second-order valence-electron chi connectivity index (χ2n) is 7.85. The number of hydrogen-bond donors (Lipinski definition) is 2. The van der Waals surface area contributed by atoms with Crippen molar-refractivity contribution in [3.05, 3.63) is 94.3 Å². The number of nitrogens with one attached hydrogen (secondary N) is 2. The van der Waals surface area contributed by atoms with Gasteiger partial charge in [0.25, 0.3) is 11.8 Å². The van der Waals surface area contributed by atoms with E-state index in [9.17, 15) is 14.0 Å². The number of aryl methyl sites for hydroxylation is 3. The van der Waals surface area contributed by atoms with Crippen LogP contribution in [0.3, 0.4) is 0 Å². The van der Waals surface area contributed by atoms with Crippen molar-refractivity contribution in [1.82, 2.24) is 5.32 Å². The van der Waals surface area contributed by atoms with Gasteiger partial charge in [-0.1, -0.05) is 24.3 Å². The fourth-order valence-electron chi connectivity index (χ4n) is 3.81. The molecular formula is C26H25FN2O3. The van der Waals surface area contributed by atoms with Crippen molar-refractivity contribution in [2.75, 3.05) is 18.5 Å². The molecule has 0 heterocycles. The van der Waals surface area contributed by atoms with E-state index in [1.54, 1.807) is 24.3 Å². The zero-order valence-electron chi connectivity index (χ0n) is 17.9. The molecule has 2 amide bonds.